The lowest BCUT2D eigenvalue weighted by molar-refractivity contribution is -0.137. The maximum atomic E-state index is 13.0. The van der Waals surface area contributed by atoms with Crippen LogP contribution in [-0.2, 0) is 21.4 Å². The van der Waals surface area contributed by atoms with E-state index in [0.29, 0.717) is 16.2 Å². The molecule has 0 saturated heterocycles. The zero-order valence-corrected chi connectivity index (χ0v) is 14.8. The van der Waals surface area contributed by atoms with Gasteiger partial charge in [-0.1, -0.05) is 0 Å². The Bertz CT molecular complexity index is 878. The Balaban J connectivity index is 2.06. The summed E-state index contributed by atoms with van der Waals surface area (Å²) in [6.45, 7) is -0.0729. The molecule has 1 aliphatic rings. The van der Waals surface area contributed by atoms with Crippen LogP contribution in [0.1, 0.15) is 16.5 Å². The van der Waals surface area contributed by atoms with Crippen molar-refractivity contribution in [2.45, 2.75) is 23.6 Å². The predicted octanol–water partition coefficient (Wildman–Crippen LogP) is 0.869. The van der Waals surface area contributed by atoms with Crippen LogP contribution in [0.2, 0.25) is 0 Å². The van der Waals surface area contributed by atoms with Gasteiger partial charge in [-0.2, -0.15) is 4.31 Å². The minimum Gasteiger partial charge on any atom is -0.497 e. The van der Waals surface area contributed by atoms with Gasteiger partial charge >= 0.3 is 0 Å². The number of carbonyl (C=O) groups is 1. The molecule has 2 heterocycles. The van der Waals surface area contributed by atoms with E-state index >= 15 is 0 Å². The number of hydrogen-bond acceptors (Lipinski definition) is 7. The summed E-state index contributed by atoms with van der Waals surface area (Å²) in [5.41, 5.74) is 1.92. The molecule has 134 valence electrons. The van der Waals surface area contributed by atoms with E-state index in [4.69, 9.17) is 9.94 Å². The number of thiophene rings is 1. The van der Waals surface area contributed by atoms with Crippen LogP contribution in [0.15, 0.2) is 40.6 Å². The molecular formula is C15H16N2O6S2. The van der Waals surface area contributed by atoms with Crippen molar-refractivity contribution in [3.63, 3.8) is 0 Å². The summed E-state index contributed by atoms with van der Waals surface area (Å²) < 4.78 is 31.9. The Labute approximate surface area is 148 Å². The third kappa shape index (κ3) is 3.02. The van der Waals surface area contributed by atoms with Crippen molar-refractivity contribution in [3.8, 4) is 5.75 Å². The quantitative estimate of drug-likeness (QED) is 0.532. The smallest absolute Gasteiger partial charge is 0.264 e. The summed E-state index contributed by atoms with van der Waals surface area (Å²) in [6.07, 6.45) is -1.38. The van der Waals surface area contributed by atoms with Gasteiger partial charge in [-0.3, -0.25) is 10.0 Å². The zero-order valence-electron chi connectivity index (χ0n) is 13.1. The first kappa shape index (κ1) is 17.8. The van der Waals surface area contributed by atoms with E-state index in [2.05, 4.69) is 0 Å². The topological polar surface area (TPSA) is 116 Å². The molecule has 0 radical (unpaired) electrons. The fraction of sp³-hybridized carbons (Fsp3) is 0.267. The molecule has 2 unspecified atom stereocenters. The average molecular weight is 384 g/mol. The minimum atomic E-state index is -4.09. The predicted molar refractivity (Wildman–Crippen MR) is 88.7 cm³/mol. The first-order chi connectivity index (χ1) is 11.9. The number of hydroxylamine groups is 1. The molecular weight excluding hydrogens is 368 g/mol. The number of amides is 1. The highest BCUT2D eigenvalue weighted by molar-refractivity contribution is 7.89. The van der Waals surface area contributed by atoms with Gasteiger partial charge in [0.25, 0.3) is 5.91 Å². The standard InChI is InChI=1S/C15H16N2O6S2/c1-23-9-2-4-10(5-3-9)25(21,22)17-8-12-11(6-7-24-12)14(18)13(17)15(19)16-20/h2-7,13-14,18,20H,8H2,1H3,(H,16,19). The fourth-order valence-corrected chi connectivity index (χ4v) is 5.33. The van der Waals surface area contributed by atoms with Gasteiger partial charge in [0.1, 0.15) is 17.9 Å². The Kier molecular flexibility index (Phi) is 4.80. The van der Waals surface area contributed by atoms with E-state index in [1.165, 1.54) is 48.2 Å². The normalized spacial score (nSPS) is 20.8. The van der Waals surface area contributed by atoms with Crippen LogP contribution in [0, 0.1) is 0 Å². The van der Waals surface area contributed by atoms with Crippen LogP contribution in [0.4, 0.5) is 0 Å². The number of fused-ring (bicyclic) bond motifs is 1. The lowest BCUT2D eigenvalue weighted by atomic mass is 9.98. The van der Waals surface area contributed by atoms with Crippen LogP contribution >= 0.6 is 11.3 Å². The summed E-state index contributed by atoms with van der Waals surface area (Å²) in [6, 6.07) is 5.87. The number of methoxy groups -OCH3 is 1. The number of nitrogens with zero attached hydrogens (tertiary/aromatic N) is 1. The Morgan fingerprint density at radius 1 is 1.32 bits per heavy atom. The van der Waals surface area contributed by atoms with E-state index < -0.39 is 28.1 Å². The maximum absolute atomic E-state index is 13.0. The number of carbonyl (C=O) groups excluding carboxylic acids is 1. The molecule has 1 aromatic carbocycles. The molecule has 25 heavy (non-hydrogen) atoms. The lowest BCUT2D eigenvalue weighted by Gasteiger charge is -2.36. The van der Waals surface area contributed by atoms with Gasteiger partial charge < -0.3 is 9.84 Å². The molecule has 1 aliphatic heterocycles. The molecule has 2 atom stereocenters. The monoisotopic (exact) mass is 384 g/mol. The van der Waals surface area contributed by atoms with Crippen LogP contribution in [0.3, 0.4) is 0 Å². The third-order valence-electron chi connectivity index (χ3n) is 4.05. The van der Waals surface area contributed by atoms with E-state index in [-0.39, 0.29) is 11.4 Å². The summed E-state index contributed by atoms with van der Waals surface area (Å²) in [7, 11) is -2.63. The summed E-state index contributed by atoms with van der Waals surface area (Å²) in [4.78, 5) is 12.7. The van der Waals surface area contributed by atoms with Crippen LogP contribution < -0.4 is 10.2 Å². The second-order valence-electron chi connectivity index (χ2n) is 5.39. The largest absolute Gasteiger partial charge is 0.497 e. The highest BCUT2D eigenvalue weighted by Crippen LogP contribution is 2.38. The van der Waals surface area contributed by atoms with Gasteiger partial charge in [0.05, 0.1) is 12.0 Å². The molecule has 1 aromatic heterocycles. The first-order valence-corrected chi connectivity index (χ1v) is 9.56. The number of rotatable bonds is 4. The second kappa shape index (κ2) is 6.73. The molecule has 0 aliphatic carbocycles. The maximum Gasteiger partial charge on any atom is 0.264 e. The number of ether oxygens (including phenoxy) is 1. The first-order valence-electron chi connectivity index (χ1n) is 7.24. The Hall–Kier alpha value is -1.98. The number of aliphatic hydroxyl groups is 1. The van der Waals surface area contributed by atoms with E-state index in [0.717, 1.165) is 4.31 Å². The minimum absolute atomic E-state index is 0.0451. The van der Waals surface area contributed by atoms with Crippen molar-refractivity contribution in [3.05, 3.63) is 46.2 Å². The van der Waals surface area contributed by atoms with Crippen LogP contribution in [0.25, 0.3) is 0 Å². The average Bonchev–Trinajstić information content (AvgIpc) is 3.10. The Morgan fingerprint density at radius 3 is 2.60 bits per heavy atom. The zero-order chi connectivity index (χ0) is 18.2. The van der Waals surface area contributed by atoms with Gasteiger partial charge in [0.2, 0.25) is 10.0 Å². The Morgan fingerprint density at radius 2 is 2.00 bits per heavy atom. The van der Waals surface area contributed by atoms with Gasteiger partial charge in [0.15, 0.2) is 0 Å². The fourth-order valence-electron chi connectivity index (χ4n) is 2.77. The molecule has 8 nitrogen and oxygen atoms in total. The molecule has 0 bridgehead atoms. The highest BCUT2D eigenvalue weighted by Gasteiger charge is 2.45. The molecule has 3 rings (SSSR count). The molecule has 0 spiro atoms. The van der Waals surface area contributed by atoms with Crippen molar-refractivity contribution in [1.82, 2.24) is 9.79 Å². The number of hydrogen-bond donors (Lipinski definition) is 3. The van der Waals surface area contributed by atoms with Gasteiger partial charge in [-0.05, 0) is 41.3 Å². The molecule has 10 heteroatoms. The van der Waals surface area contributed by atoms with Crippen LogP contribution in [0.5, 0.6) is 5.75 Å². The van der Waals surface area contributed by atoms with E-state index in [9.17, 15) is 18.3 Å². The van der Waals surface area contributed by atoms with Crippen molar-refractivity contribution >= 4 is 27.3 Å². The van der Waals surface area contributed by atoms with Crippen molar-refractivity contribution < 1.29 is 28.3 Å². The number of sulfonamides is 1. The number of nitrogens with one attached hydrogen (secondary N) is 1. The molecule has 1 amide bonds. The highest BCUT2D eigenvalue weighted by atomic mass is 32.2. The lowest BCUT2D eigenvalue weighted by Crippen LogP contribution is -2.53. The van der Waals surface area contributed by atoms with Gasteiger partial charge in [0, 0.05) is 11.4 Å². The van der Waals surface area contributed by atoms with E-state index in [1.54, 1.807) is 11.4 Å². The van der Waals surface area contributed by atoms with Crippen molar-refractivity contribution in [2.24, 2.45) is 0 Å². The summed E-state index contributed by atoms with van der Waals surface area (Å²) in [5.74, 6) is -0.510. The van der Waals surface area contributed by atoms with Crippen molar-refractivity contribution in [1.29, 1.82) is 0 Å². The molecule has 3 N–H and O–H groups in total. The second-order valence-corrected chi connectivity index (χ2v) is 8.28. The molecule has 2 aromatic rings. The van der Waals surface area contributed by atoms with Crippen molar-refractivity contribution in [2.75, 3.05) is 7.11 Å². The van der Waals surface area contributed by atoms with Crippen LogP contribution in [-0.4, -0.2) is 42.1 Å². The third-order valence-corrected chi connectivity index (χ3v) is 6.82. The van der Waals surface area contributed by atoms with Gasteiger partial charge in [-0.25, -0.2) is 13.9 Å². The number of aliphatic hydroxyl groups excluding tert-OH is 1. The SMILES string of the molecule is COc1ccc(S(=O)(=O)N2Cc3sccc3C(O)C2C(=O)NO)cc1. The number of benzene rings is 1. The molecule has 0 fully saturated rings. The summed E-state index contributed by atoms with van der Waals surface area (Å²) in [5, 5.41) is 21.2. The van der Waals surface area contributed by atoms with Gasteiger partial charge in [-0.15, -0.1) is 11.3 Å². The summed E-state index contributed by atoms with van der Waals surface area (Å²) >= 11 is 1.29. The van der Waals surface area contributed by atoms with E-state index in [1.807, 2.05) is 0 Å². The molecule has 0 saturated carbocycles.